The van der Waals surface area contributed by atoms with Crippen LogP contribution in [-0.4, -0.2) is 49.9 Å². The van der Waals surface area contributed by atoms with E-state index in [9.17, 15) is 9.59 Å². The minimum Gasteiger partial charge on any atom is -0.356 e. The number of carbonyl (C=O) groups excluding carboxylic acids is 2. The molecule has 2 N–H and O–H groups in total. The van der Waals surface area contributed by atoms with E-state index in [2.05, 4.69) is 10.6 Å². The molecule has 0 aliphatic heterocycles. The van der Waals surface area contributed by atoms with Gasteiger partial charge in [0.05, 0.1) is 0 Å². The minimum absolute atomic E-state index is 0.0244. The zero-order valence-electron chi connectivity index (χ0n) is 11.2. The molecule has 0 bridgehead atoms. The number of nitrogens with one attached hydrogen (secondary N) is 2. The normalized spacial score (nSPS) is 24.2. The van der Waals surface area contributed by atoms with Crippen LogP contribution in [0.15, 0.2) is 12.2 Å². The maximum atomic E-state index is 11.6. The molecule has 1 aliphatic carbocycles. The minimum atomic E-state index is -0.0244. The first kappa shape index (κ1) is 14.7. The van der Waals surface area contributed by atoms with E-state index in [1.807, 2.05) is 25.1 Å². The predicted molar refractivity (Wildman–Crippen MR) is 71.1 cm³/mol. The molecule has 1 rings (SSSR count). The number of rotatable bonds is 6. The summed E-state index contributed by atoms with van der Waals surface area (Å²) in [5.74, 6) is -0.0244. The van der Waals surface area contributed by atoms with Crippen molar-refractivity contribution in [3.8, 4) is 0 Å². The van der Waals surface area contributed by atoms with Crippen LogP contribution in [0.25, 0.3) is 0 Å². The van der Waals surface area contributed by atoms with E-state index in [0.717, 1.165) is 38.6 Å². The van der Waals surface area contributed by atoms with E-state index in [1.54, 1.807) is 6.08 Å². The number of nitrogens with zero attached hydrogens (tertiary/aromatic N) is 1. The molecular weight excluding hydrogens is 230 g/mol. The maximum absolute atomic E-state index is 11.6. The van der Waals surface area contributed by atoms with Gasteiger partial charge >= 0.3 is 0 Å². The predicted octanol–water partition coefficient (Wildman–Crippen LogP) is 0.278. The zero-order valence-corrected chi connectivity index (χ0v) is 11.2. The molecule has 0 heterocycles. The van der Waals surface area contributed by atoms with Gasteiger partial charge in [-0.15, -0.1) is 0 Å². The molecular formula is C13H23N3O2. The van der Waals surface area contributed by atoms with Gasteiger partial charge in [-0.05, 0) is 39.8 Å². The fraction of sp³-hybridized carbons (Fsp3) is 0.692. The monoisotopic (exact) mass is 253 g/mol. The van der Waals surface area contributed by atoms with Gasteiger partial charge in [-0.3, -0.25) is 9.59 Å². The zero-order chi connectivity index (χ0) is 13.4. The molecule has 1 saturated carbocycles. The van der Waals surface area contributed by atoms with Crippen LogP contribution in [0.3, 0.4) is 0 Å². The Kier molecular flexibility index (Phi) is 6.43. The van der Waals surface area contributed by atoms with Crippen LogP contribution in [0.1, 0.15) is 25.7 Å². The number of likely N-dealkylation sites (N-methyl/N-ethyl adjacent to an activating group) is 1. The Hall–Kier alpha value is -1.36. The van der Waals surface area contributed by atoms with E-state index in [4.69, 9.17) is 0 Å². The third-order valence-electron chi connectivity index (χ3n) is 3.12. The summed E-state index contributed by atoms with van der Waals surface area (Å²) in [6, 6.07) is 0.520. The number of hydrogen-bond acceptors (Lipinski definition) is 3. The summed E-state index contributed by atoms with van der Waals surface area (Å²) in [4.78, 5) is 23.9. The summed E-state index contributed by atoms with van der Waals surface area (Å²) in [6.45, 7) is 0.767. The summed E-state index contributed by atoms with van der Waals surface area (Å²) < 4.78 is 0. The largest absolute Gasteiger partial charge is 0.356 e. The Morgan fingerprint density at radius 1 is 1.22 bits per heavy atom. The number of hydrogen-bond donors (Lipinski definition) is 2. The van der Waals surface area contributed by atoms with Crippen molar-refractivity contribution in [3.05, 3.63) is 12.2 Å². The second-order valence-corrected chi connectivity index (χ2v) is 5.01. The smallest absolute Gasteiger partial charge is 0.243 e. The van der Waals surface area contributed by atoms with Gasteiger partial charge in [0.25, 0.3) is 0 Å². The van der Waals surface area contributed by atoms with Gasteiger partial charge in [0, 0.05) is 24.7 Å². The van der Waals surface area contributed by atoms with Crippen molar-refractivity contribution in [2.75, 3.05) is 20.6 Å². The van der Waals surface area contributed by atoms with Crippen molar-refractivity contribution >= 4 is 12.3 Å². The Balaban J connectivity index is 2.22. The molecule has 0 spiro atoms. The van der Waals surface area contributed by atoms with Crippen molar-refractivity contribution in [2.45, 2.75) is 37.8 Å². The van der Waals surface area contributed by atoms with Gasteiger partial charge in [0.15, 0.2) is 0 Å². The molecule has 0 aromatic heterocycles. The molecule has 5 heteroatoms. The lowest BCUT2D eigenvalue weighted by Gasteiger charge is -2.28. The lowest BCUT2D eigenvalue weighted by molar-refractivity contribution is -0.117. The first-order valence-corrected chi connectivity index (χ1v) is 6.43. The number of carbonyl (C=O) groups is 2. The Labute approximate surface area is 109 Å². The molecule has 102 valence electrons. The van der Waals surface area contributed by atoms with E-state index >= 15 is 0 Å². The van der Waals surface area contributed by atoms with Crippen LogP contribution in [0.4, 0.5) is 0 Å². The van der Waals surface area contributed by atoms with Gasteiger partial charge in [-0.25, -0.2) is 0 Å². The molecule has 0 aromatic rings. The fourth-order valence-corrected chi connectivity index (χ4v) is 2.12. The van der Waals surface area contributed by atoms with Crippen LogP contribution in [0.5, 0.6) is 0 Å². The van der Waals surface area contributed by atoms with Crippen molar-refractivity contribution in [1.82, 2.24) is 15.5 Å². The summed E-state index contributed by atoms with van der Waals surface area (Å²) in [5, 5.41) is 5.79. The molecule has 5 nitrogen and oxygen atoms in total. The highest BCUT2D eigenvalue weighted by Gasteiger charge is 2.21. The lowest BCUT2D eigenvalue weighted by atomic mass is 9.91. The molecule has 0 radical (unpaired) electrons. The highest BCUT2D eigenvalue weighted by molar-refractivity contribution is 5.87. The van der Waals surface area contributed by atoms with E-state index in [0.29, 0.717) is 0 Å². The summed E-state index contributed by atoms with van der Waals surface area (Å²) in [6.07, 6.45) is 7.94. The second kappa shape index (κ2) is 7.87. The molecule has 0 atom stereocenters. The molecule has 0 saturated heterocycles. The molecule has 1 aliphatic rings. The summed E-state index contributed by atoms with van der Waals surface area (Å²) >= 11 is 0. The van der Waals surface area contributed by atoms with Gasteiger partial charge in [0.1, 0.15) is 0 Å². The van der Waals surface area contributed by atoms with Crippen molar-refractivity contribution in [1.29, 1.82) is 0 Å². The third-order valence-corrected chi connectivity index (χ3v) is 3.12. The highest BCUT2D eigenvalue weighted by atomic mass is 16.1. The maximum Gasteiger partial charge on any atom is 0.243 e. The van der Waals surface area contributed by atoms with E-state index < -0.39 is 0 Å². The highest BCUT2D eigenvalue weighted by Crippen LogP contribution is 2.18. The molecule has 1 fully saturated rings. The first-order chi connectivity index (χ1) is 8.61. The molecule has 2 amide bonds. The second-order valence-electron chi connectivity index (χ2n) is 5.01. The van der Waals surface area contributed by atoms with Gasteiger partial charge < -0.3 is 15.5 Å². The van der Waals surface area contributed by atoms with E-state index in [1.165, 1.54) is 0 Å². The van der Waals surface area contributed by atoms with Gasteiger partial charge in [-0.2, -0.15) is 0 Å². The quantitative estimate of drug-likeness (QED) is 0.528. The van der Waals surface area contributed by atoms with Crippen LogP contribution in [0, 0.1) is 0 Å². The van der Waals surface area contributed by atoms with Crippen LogP contribution >= 0.6 is 0 Å². The Bertz CT molecular complexity index is 295. The standard InChI is InChI=1S/C13H23N3O2/c1-16(2)9-3-4-13(18)15-12-7-5-11(6-8-12)14-10-17/h3-4,10-12H,5-9H2,1-2H3,(H,14,17)(H,15,18)/b4-3+. The molecule has 0 aromatic carbocycles. The van der Waals surface area contributed by atoms with Crippen molar-refractivity contribution in [3.63, 3.8) is 0 Å². The van der Waals surface area contributed by atoms with Crippen LogP contribution in [-0.2, 0) is 9.59 Å². The number of amides is 2. The third kappa shape index (κ3) is 5.82. The average Bonchev–Trinajstić information content (AvgIpc) is 2.31. The van der Waals surface area contributed by atoms with Crippen LogP contribution < -0.4 is 10.6 Å². The van der Waals surface area contributed by atoms with Crippen LogP contribution in [0.2, 0.25) is 0 Å². The first-order valence-electron chi connectivity index (χ1n) is 6.43. The van der Waals surface area contributed by atoms with Crippen molar-refractivity contribution in [2.24, 2.45) is 0 Å². The molecule has 18 heavy (non-hydrogen) atoms. The van der Waals surface area contributed by atoms with E-state index in [-0.39, 0.29) is 18.0 Å². The fourth-order valence-electron chi connectivity index (χ4n) is 2.12. The SMILES string of the molecule is CN(C)C/C=C/C(=O)NC1CCC(NC=O)CC1. The van der Waals surface area contributed by atoms with Crippen molar-refractivity contribution < 1.29 is 9.59 Å². The summed E-state index contributed by atoms with van der Waals surface area (Å²) in [7, 11) is 3.92. The van der Waals surface area contributed by atoms with Gasteiger partial charge in [-0.1, -0.05) is 6.08 Å². The average molecular weight is 253 g/mol. The topological polar surface area (TPSA) is 61.4 Å². The Morgan fingerprint density at radius 3 is 2.39 bits per heavy atom. The Morgan fingerprint density at radius 2 is 1.83 bits per heavy atom. The summed E-state index contributed by atoms with van der Waals surface area (Å²) in [5.41, 5.74) is 0. The molecule has 0 unspecified atom stereocenters. The van der Waals surface area contributed by atoms with Gasteiger partial charge in [0.2, 0.25) is 12.3 Å². The lowest BCUT2D eigenvalue weighted by Crippen LogP contribution is -2.41.